The summed E-state index contributed by atoms with van der Waals surface area (Å²) >= 11 is 0. The molecule has 0 radical (unpaired) electrons. The van der Waals surface area contributed by atoms with E-state index in [1.807, 2.05) is 25.7 Å². The third-order valence-electron chi connectivity index (χ3n) is 3.21. The lowest BCUT2D eigenvalue weighted by molar-refractivity contribution is -0.0178. The fourth-order valence-corrected chi connectivity index (χ4v) is 2.51. The first-order valence-electron chi connectivity index (χ1n) is 6.97. The highest BCUT2D eigenvalue weighted by atomic mass is 16.6. The molecular weight excluding hydrogens is 244 g/mol. The van der Waals surface area contributed by atoms with Gasteiger partial charge in [-0.2, -0.15) is 0 Å². The second kappa shape index (κ2) is 6.57. The number of amides is 1. The van der Waals surface area contributed by atoms with E-state index in [0.717, 1.165) is 26.2 Å². The molecule has 1 fully saturated rings. The molecule has 0 aromatic rings. The van der Waals surface area contributed by atoms with Crippen molar-refractivity contribution in [1.29, 1.82) is 0 Å². The lowest BCUT2D eigenvalue weighted by Crippen LogP contribution is -2.59. The van der Waals surface area contributed by atoms with Crippen molar-refractivity contribution in [3.63, 3.8) is 0 Å². The Hall–Kier alpha value is -0.810. The average Bonchev–Trinajstić information content (AvgIpc) is 2.22. The summed E-state index contributed by atoms with van der Waals surface area (Å²) in [6, 6.07) is 0.325. The largest absolute Gasteiger partial charge is 0.444 e. The van der Waals surface area contributed by atoms with Crippen LogP contribution in [0.15, 0.2) is 0 Å². The number of carbonyl (C=O) groups is 1. The Bertz CT molecular complexity index is 290. The third-order valence-corrected chi connectivity index (χ3v) is 3.21. The molecule has 112 valence electrons. The van der Waals surface area contributed by atoms with Crippen LogP contribution in [0.1, 0.15) is 34.6 Å². The van der Waals surface area contributed by atoms with Crippen LogP contribution in [0.2, 0.25) is 0 Å². The van der Waals surface area contributed by atoms with Crippen molar-refractivity contribution in [3.05, 3.63) is 0 Å². The van der Waals surface area contributed by atoms with Gasteiger partial charge in [0.05, 0.1) is 6.61 Å². The van der Waals surface area contributed by atoms with Gasteiger partial charge in [-0.1, -0.05) is 0 Å². The Balaban J connectivity index is 2.59. The lowest BCUT2D eigenvalue weighted by Gasteiger charge is -2.44. The molecule has 0 N–H and O–H groups in total. The highest BCUT2D eigenvalue weighted by Gasteiger charge is 2.35. The molecule has 19 heavy (non-hydrogen) atoms. The molecule has 1 heterocycles. The molecule has 1 amide bonds. The molecule has 2 atom stereocenters. The SMILES string of the molecule is COCCN1C[C@@H](C)N(C(=O)OC(C)(C)C)[C@H](C)C1. The van der Waals surface area contributed by atoms with Crippen molar-refractivity contribution in [2.75, 3.05) is 33.4 Å². The first-order valence-corrected chi connectivity index (χ1v) is 6.97. The van der Waals surface area contributed by atoms with Gasteiger partial charge in [0.25, 0.3) is 0 Å². The van der Waals surface area contributed by atoms with Gasteiger partial charge in [0, 0.05) is 38.8 Å². The Morgan fingerprint density at radius 3 is 2.16 bits per heavy atom. The van der Waals surface area contributed by atoms with Gasteiger partial charge >= 0.3 is 6.09 Å². The maximum absolute atomic E-state index is 12.2. The smallest absolute Gasteiger partial charge is 0.410 e. The number of rotatable bonds is 3. The minimum absolute atomic E-state index is 0.162. The van der Waals surface area contributed by atoms with E-state index in [-0.39, 0.29) is 18.2 Å². The topological polar surface area (TPSA) is 42.0 Å². The normalized spacial score (nSPS) is 25.5. The highest BCUT2D eigenvalue weighted by molar-refractivity contribution is 5.69. The molecule has 5 nitrogen and oxygen atoms in total. The molecule has 0 aromatic heterocycles. The molecule has 1 aliphatic heterocycles. The summed E-state index contributed by atoms with van der Waals surface area (Å²) in [4.78, 5) is 16.4. The van der Waals surface area contributed by atoms with Crippen LogP contribution in [-0.2, 0) is 9.47 Å². The molecular formula is C14H28N2O3. The van der Waals surface area contributed by atoms with Crippen LogP contribution >= 0.6 is 0 Å². The van der Waals surface area contributed by atoms with E-state index in [1.54, 1.807) is 7.11 Å². The molecule has 0 aliphatic carbocycles. The first-order chi connectivity index (χ1) is 8.74. The number of nitrogens with zero attached hydrogens (tertiary/aromatic N) is 2. The van der Waals surface area contributed by atoms with E-state index in [4.69, 9.17) is 9.47 Å². The van der Waals surface area contributed by atoms with E-state index in [9.17, 15) is 4.79 Å². The van der Waals surface area contributed by atoms with Crippen LogP contribution in [0.5, 0.6) is 0 Å². The molecule has 0 aromatic carbocycles. The van der Waals surface area contributed by atoms with Crippen LogP contribution in [0, 0.1) is 0 Å². The zero-order valence-corrected chi connectivity index (χ0v) is 13.1. The van der Waals surface area contributed by atoms with E-state index in [2.05, 4.69) is 18.7 Å². The van der Waals surface area contributed by atoms with E-state index in [0.29, 0.717) is 0 Å². The zero-order chi connectivity index (χ0) is 14.6. The van der Waals surface area contributed by atoms with Crippen molar-refractivity contribution in [2.45, 2.75) is 52.3 Å². The van der Waals surface area contributed by atoms with Gasteiger partial charge < -0.3 is 14.4 Å². The maximum atomic E-state index is 12.2. The van der Waals surface area contributed by atoms with Crippen LogP contribution in [0.4, 0.5) is 4.79 Å². The minimum atomic E-state index is -0.441. The predicted octanol–water partition coefficient (Wildman–Crippen LogP) is 1.96. The van der Waals surface area contributed by atoms with E-state index in [1.165, 1.54) is 0 Å². The Morgan fingerprint density at radius 1 is 1.21 bits per heavy atom. The predicted molar refractivity (Wildman–Crippen MR) is 75.3 cm³/mol. The maximum Gasteiger partial charge on any atom is 0.410 e. The van der Waals surface area contributed by atoms with Gasteiger partial charge in [-0.25, -0.2) is 4.79 Å². The fraction of sp³-hybridized carbons (Fsp3) is 0.929. The van der Waals surface area contributed by atoms with Crippen LogP contribution in [-0.4, -0.2) is 66.9 Å². The summed E-state index contributed by atoms with van der Waals surface area (Å²) in [5, 5.41) is 0. The standard InChI is InChI=1S/C14H28N2O3/c1-11-9-15(7-8-18-6)10-12(2)16(11)13(17)19-14(3,4)5/h11-12H,7-10H2,1-6H3/t11-,12-/m1/s1. The van der Waals surface area contributed by atoms with Crippen molar-refractivity contribution >= 4 is 6.09 Å². The summed E-state index contributed by atoms with van der Waals surface area (Å²) < 4.78 is 10.6. The third kappa shape index (κ3) is 4.99. The molecule has 5 heteroatoms. The summed E-state index contributed by atoms with van der Waals surface area (Å²) in [6.45, 7) is 13.2. The Morgan fingerprint density at radius 2 is 1.74 bits per heavy atom. The Labute approximate surface area is 116 Å². The summed E-state index contributed by atoms with van der Waals surface area (Å²) in [5.41, 5.74) is -0.441. The zero-order valence-electron chi connectivity index (χ0n) is 13.1. The molecule has 1 rings (SSSR count). The van der Waals surface area contributed by atoms with E-state index >= 15 is 0 Å². The first kappa shape index (κ1) is 16.2. The quantitative estimate of drug-likeness (QED) is 0.787. The number of piperazine rings is 1. The van der Waals surface area contributed by atoms with E-state index < -0.39 is 5.60 Å². The molecule has 0 saturated carbocycles. The number of hydrogen-bond donors (Lipinski definition) is 0. The summed E-state index contributed by atoms with van der Waals surface area (Å²) in [6.07, 6.45) is -0.209. The van der Waals surface area contributed by atoms with Gasteiger partial charge in [-0.3, -0.25) is 4.90 Å². The van der Waals surface area contributed by atoms with Crippen LogP contribution in [0.25, 0.3) is 0 Å². The second-order valence-electron chi connectivity index (χ2n) is 6.34. The fourth-order valence-electron chi connectivity index (χ4n) is 2.51. The van der Waals surface area contributed by atoms with Gasteiger partial charge in [0.15, 0.2) is 0 Å². The lowest BCUT2D eigenvalue weighted by atomic mass is 10.1. The summed E-state index contributed by atoms with van der Waals surface area (Å²) in [7, 11) is 1.71. The number of carbonyl (C=O) groups excluding carboxylic acids is 1. The number of methoxy groups -OCH3 is 1. The van der Waals surface area contributed by atoms with Crippen molar-refractivity contribution in [1.82, 2.24) is 9.80 Å². The van der Waals surface area contributed by atoms with Crippen molar-refractivity contribution < 1.29 is 14.3 Å². The van der Waals surface area contributed by atoms with Gasteiger partial charge in [0.1, 0.15) is 5.60 Å². The van der Waals surface area contributed by atoms with Crippen molar-refractivity contribution in [3.8, 4) is 0 Å². The average molecular weight is 272 g/mol. The van der Waals surface area contributed by atoms with Crippen LogP contribution < -0.4 is 0 Å². The van der Waals surface area contributed by atoms with Crippen LogP contribution in [0.3, 0.4) is 0 Å². The van der Waals surface area contributed by atoms with Gasteiger partial charge in [0.2, 0.25) is 0 Å². The number of ether oxygens (including phenoxy) is 2. The molecule has 0 bridgehead atoms. The molecule has 1 saturated heterocycles. The number of hydrogen-bond acceptors (Lipinski definition) is 4. The highest BCUT2D eigenvalue weighted by Crippen LogP contribution is 2.19. The monoisotopic (exact) mass is 272 g/mol. The van der Waals surface area contributed by atoms with Gasteiger partial charge in [-0.05, 0) is 34.6 Å². The minimum Gasteiger partial charge on any atom is -0.444 e. The molecule has 0 unspecified atom stereocenters. The van der Waals surface area contributed by atoms with Crippen molar-refractivity contribution in [2.24, 2.45) is 0 Å². The Kier molecular flexibility index (Phi) is 5.62. The molecule has 1 aliphatic rings. The summed E-state index contributed by atoms with van der Waals surface area (Å²) in [5.74, 6) is 0. The molecule has 0 spiro atoms. The second-order valence-corrected chi connectivity index (χ2v) is 6.34. The van der Waals surface area contributed by atoms with Gasteiger partial charge in [-0.15, -0.1) is 0 Å².